The fourth-order valence-electron chi connectivity index (χ4n) is 1.77. The third-order valence-electron chi connectivity index (χ3n) is 2.75. The van der Waals surface area contributed by atoms with Gasteiger partial charge in [0.1, 0.15) is 26.9 Å². The second-order valence-electron chi connectivity index (χ2n) is 5.76. The molecule has 0 heterocycles. The Kier molecular flexibility index (Phi) is 5.26. The first-order valence-electron chi connectivity index (χ1n) is 6.82. The Balaban J connectivity index is 2.14. The molecule has 0 aliphatic rings. The molecule has 1 atom stereocenters. The SMILES string of the molecule is CN(C(=O)Oc1cccc2ccccc12)[S+]([O-])SC(C)(C)C. The minimum Gasteiger partial charge on any atom is -0.581 e. The van der Waals surface area contributed by atoms with Crippen LogP contribution in [0.25, 0.3) is 10.8 Å². The second-order valence-corrected chi connectivity index (χ2v) is 9.48. The molecule has 0 fully saturated rings. The average molecular weight is 337 g/mol. The summed E-state index contributed by atoms with van der Waals surface area (Å²) in [5.74, 6) is 0.465. The van der Waals surface area contributed by atoms with E-state index in [4.69, 9.17) is 4.74 Å². The van der Waals surface area contributed by atoms with Crippen LogP contribution in [0.2, 0.25) is 0 Å². The standard InChI is InChI=1S/C16H19NO3S2/c1-16(2,3)21-22(19)17(4)15(18)20-14-11-7-9-12-8-5-6-10-13(12)14/h5-11H,1-4H3. The van der Waals surface area contributed by atoms with Crippen molar-refractivity contribution in [3.8, 4) is 5.75 Å². The molecule has 2 aromatic carbocycles. The van der Waals surface area contributed by atoms with Crippen molar-refractivity contribution in [2.75, 3.05) is 7.05 Å². The summed E-state index contributed by atoms with van der Waals surface area (Å²) in [6.07, 6.45) is -0.633. The highest BCUT2D eigenvalue weighted by atomic mass is 33.1. The molecular weight excluding hydrogens is 318 g/mol. The molecule has 2 rings (SSSR count). The van der Waals surface area contributed by atoms with E-state index in [1.807, 2.05) is 57.2 Å². The third kappa shape index (κ3) is 4.32. The van der Waals surface area contributed by atoms with Crippen molar-refractivity contribution < 1.29 is 14.1 Å². The summed E-state index contributed by atoms with van der Waals surface area (Å²) in [5, 5.41) is 1.83. The normalized spacial score (nSPS) is 13.0. The zero-order chi connectivity index (χ0) is 16.3. The highest BCUT2D eigenvalue weighted by Gasteiger charge is 2.31. The number of carbonyl (C=O) groups excluding carboxylic acids is 1. The summed E-state index contributed by atoms with van der Waals surface area (Å²) in [7, 11) is 1.18. The zero-order valence-electron chi connectivity index (χ0n) is 13.0. The van der Waals surface area contributed by atoms with E-state index in [1.54, 1.807) is 6.07 Å². The summed E-state index contributed by atoms with van der Waals surface area (Å²) in [6.45, 7) is 5.83. The number of amides is 1. The van der Waals surface area contributed by atoms with E-state index in [-0.39, 0.29) is 4.75 Å². The van der Waals surface area contributed by atoms with Crippen LogP contribution in [0.3, 0.4) is 0 Å². The molecule has 0 aliphatic carbocycles. The Labute approximate surface area is 137 Å². The smallest absolute Gasteiger partial charge is 0.457 e. The number of hydrogen-bond donors (Lipinski definition) is 0. The first kappa shape index (κ1) is 17.0. The molecule has 0 bridgehead atoms. The van der Waals surface area contributed by atoms with E-state index in [1.165, 1.54) is 17.8 Å². The van der Waals surface area contributed by atoms with Crippen molar-refractivity contribution in [3.63, 3.8) is 0 Å². The van der Waals surface area contributed by atoms with Gasteiger partial charge in [-0.3, -0.25) is 0 Å². The van der Waals surface area contributed by atoms with Gasteiger partial charge >= 0.3 is 6.09 Å². The van der Waals surface area contributed by atoms with Gasteiger partial charge in [-0.1, -0.05) is 36.4 Å². The number of hydrogen-bond acceptors (Lipinski definition) is 4. The van der Waals surface area contributed by atoms with Crippen molar-refractivity contribution in [1.29, 1.82) is 0 Å². The maximum atomic E-state index is 12.2. The van der Waals surface area contributed by atoms with Gasteiger partial charge in [0, 0.05) is 5.39 Å². The molecule has 0 saturated heterocycles. The quantitative estimate of drug-likeness (QED) is 0.616. The molecule has 4 nitrogen and oxygen atoms in total. The van der Waals surface area contributed by atoms with Gasteiger partial charge in [-0.05, 0) is 32.2 Å². The molecule has 2 aromatic rings. The molecule has 22 heavy (non-hydrogen) atoms. The van der Waals surface area contributed by atoms with Crippen LogP contribution in [0.4, 0.5) is 4.79 Å². The number of carbonyl (C=O) groups is 1. The van der Waals surface area contributed by atoms with Crippen LogP contribution >= 0.6 is 10.8 Å². The maximum Gasteiger partial charge on any atom is 0.457 e. The van der Waals surface area contributed by atoms with E-state index in [0.717, 1.165) is 15.1 Å². The maximum absolute atomic E-state index is 12.2. The Bertz CT molecular complexity index is 664. The Morgan fingerprint density at radius 1 is 1.18 bits per heavy atom. The van der Waals surface area contributed by atoms with Crippen LogP contribution in [-0.2, 0) is 10.4 Å². The molecule has 118 valence electrons. The van der Waals surface area contributed by atoms with Crippen LogP contribution in [0, 0.1) is 0 Å². The fraction of sp³-hybridized carbons (Fsp3) is 0.312. The van der Waals surface area contributed by atoms with Gasteiger partial charge in [0.2, 0.25) is 0 Å². The number of rotatable bonds is 3. The molecule has 1 unspecified atom stereocenters. The van der Waals surface area contributed by atoms with Crippen molar-refractivity contribution >= 4 is 38.1 Å². The Morgan fingerprint density at radius 2 is 1.82 bits per heavy atom. The fourth-order valence-corrected chi connectivity index (χ4v) is 4.27. The first-order valence-corrected chi connectivity index (χ1v) is 9.26. The zero-order valence-corrected chi connectivity index (χ0v) is 14.7. The van der Waals surface area contributed by atoms with Gasteiger partial charge in [-0.15, -0.1) is 4.31 Å². The van der Waals surface area contributed by atoms with E-state index in [2.05, 4.69) is 0 Å². The summed E-state index contributed by atoms with van der Waals surface area (Å²) in [5.41, 5.74) is 0. The predicted octanol–water partition coefficient (Wildman–Crippen LogP) is 4.38. The molecule has 0 spiro atoms. The van der Waals surface area contributed by atoms with Gasteiger partial charge in [0.05, 0.1) is 11.8 Å². The Hall–Kier alpha value is -1.37. The summed E-state index contributed by atoms with van der Waals surface area (Å²) < 4.78 is 18.5. The monoisotopic (exact) mass is 337 g/mol. The molecule has 0 aromatic heterocycles. The minimum absolute atomic E-state index is 0.209. The topological polar surface area (TPSA) is 52.6 Å². The van der Waals surface area contributed by atoms with Crippen molar-refractivity contribution in [1.82, 2.24) is 4.31 Å². The first-order chi connectivity index (χ1) is 10.3. The average Bonchev–Trinajstić information content (AvgIpc) is 2.45. The second kappa shape index (κ2) is 6.81. The van der Waals surface area contributed by atoms with E-state index >= 15 is 0 Å². The van der Waals surface area contributed by atoms with Crippen LogP contribution < -0.4 is 4.74 Å². The lowest BCUT2D eigenvalue weighted by Gasteiger charge is -2.22. The van der Waals surface area contributed by atoms with E-state index in [0.29, 0.717) is 5.75 Å². The molecule has 6 heteroatoms. The van der Waals surface area contributed by atoms with Crippen LogP contribution in [0.5, 0.6) is 5.75 Å². The van der Waals surface area contributed by atoms with Gasteiger partial charge in [-0.2, -0.15) is 0 Å². The van der Waals surface area contributed by atoms with Crippen molar-refractivity contribution in [3.05, 3.63) is 42.5 Å². The number of nitrogens with zero attached hydrogens (tertiary/aromatic N) is 1. The number of benzene rings is 2. The highest BCUT2D eigenvalue weighted by molar-refractivity contribution is 8.71. The summed E-state index contributed by atoms with van der Waals surface area (Å²) in [4.78, 5) is 12.2. The lowest BCUT2D eigenvalue weighted by Crippen LogP contribution is -2.35. The number of ether oxygens (including phenoxy) is 1. The molecular formula is C16H19NO3S2. The Morgan fingerprint density at radius 3 is 2.50 bits per heavy atom. The molecule has 1 amide bonds. The van der Waals surface area contributed by atoms with Gasteiger partial charge in [-0.25, -0.2) is 4.79 Å². The van der Waals surface area contributed by atoms with Crippen LogP contribution in [0.15, 0.2) is 42.5 Å². The summed E-state index contributed by atoms with van der Waals surface area (Å²) >= 11 is 0. The minimum atomic E-state index is -1.50. The van der Waals surface area contributed by atoms with Gasteiger partial charge in [0.25, 0.3) is 0 Å². The lowest BCUT2D eigenvalue weighted by molar-refractivity contribution is 0.186. The van der Waals surface area contributed by atoms with E-state index < -0.39 is 16.5 Å². The summed E-state index contributed by atoms with van der Waals surface area (Å²) in [6, 6.07) is 13.2. The third-order valence-corrected chi connectivity index (χ3v) is 6.59. The van der Waals surface area contributed by atoms with Crippen LogP contribution in [-0.4, -0.2) is 26.7 Å². The largest absolute Gasteiger partial charge is 0.581 e. The molecule has 0 aliphatic heterocycles. The predicted molar refractivity (Wildman–Crippen MR) is 93.2 cm³/mol. The van der Waals surface area contributed by atoms with Crippen molar-refractivity contribution in [2.45, 2.75) is 25.5 Å². The van der Waals surface area contributed by atoms with E-state index in [9.17, 15) is 9.35 Å². The van der Waals surface area contributed by atoms with Crippen molar-refractivity contribution in [2.24, 2.45) is 0 Å². The van der Waals surface area contributed by atoms with Crippen LogP contribution in [0.1, 0.15) is 20.8 Å². The molecule has 0 radical (unpaired) electrons. The molecule has 0 saturated carbocycles. The molecule has 0 N–H and O–H groups in total. The van der Waals surface area contributed by atoms with Gasteiger partial charge < -0.3 is 9.29 Å². The highest BCUT2D eigenvalue weighted by Crippen LogP contribution is 2.32. The number of fused-ring (bicyclic) bond motifs is 1. The lowest BCUT2D eigenvalue weighted by atomic mass is 10.1. The van der Waals surface area contributed by atoms with Gasteiger partial charge in [0.15, 0.2) is 0 Å².